The van der Waals surface area contributed by atoms with Crippen LogP contribution in [-0.2, 0) is 4.79 Å². The molecule has 19 heavy (non-hydrogen) atoms. The van der Waals surface area contributed by atoms with Crippen molar-refractivity contribution in [3.8, 4) is 0 Å². The third kappa shape index (κ3) is 2.62. The van der Waals surface area contributed by atoms with Crippen LogP contribution in [0.15, 0.2) is 0 Å². The topological polar surface area (TPSA) is 49.4 Å². The molecule has 4 nitrogen and oxygen atoms in total. The fourth-order valence-corrected chi connectivity index (χ4v) is 3.65. The van der Waals surface area contributed by atoms with Gasteiger partial charge >= 0.3 is 6.03 Å². The molecule has 0 aromatic rings. The minimum absolute atomic E-state index is 0.0222. The van der Waals surface area contributed by atoms with Gasteiger partial charge in [0.2, 0.25) is 0 Å². The van der Waals surface area contributed by atoms with E-state index in [1.807, 2.05) is 0 Å². The summed E-state index contributed by atoms with van der Waals surface area (Å²) in [5, 5.41) is 2.92. The lowest BCUT2D eigenvalue weighted by Gasteiger charge is -2.32. The van der Waals surface area contributed by atoms with Crippen molar-refractivity contribution >= 4 is 24.6 Å². The zero-order valence-corrected chi connectivity index (χ0v) is 12.9. The quantitative estimate of drug-likeness (QED) is 0.618. The van der Waals surface area contributed by atoms with Crippen molar-refractivity contribution in [3.05, 3.63) is 0 Å². The molecular weight excluding hydrogens is 260 g/mol. The summed E-state index contributed by atoms with van der Waals surface area (Å²) in [4.78, 5) is 26.0. The maximum atomic E-state index is 12.5. The average molecular weight is 284 g/mol. The molecule has 5 heteroatoms. The summed E-state index contributed by atoms with van der Waals surface area (Å²) in [6.45, 7) is 6.84. The van der Waals surface area contributed by atoms with Gasteiger partial charge in [0.05, 0.1) is 0 Å². The summed E-state index contributed by atoms with van der Waals surface area (Å²) in [5.41, 5.74) is -0.552. The number of amides is 3. The Balaban J connectivity index is 2.13. The minimum atomic E-state index is -0.587. The number of hydrogen-bond acceptors (Lipinski definition) is 3. The van der Waals surface area contributed by atoms with Crippen molar-refractivity contribution in [3.63, 3.8) is 0 Å². The molecule has 0 aromatic heterocycles. The van der Waals surface area contributed by atoms with Crippen LogP contribution in [0.1, 0.15) is 46.5 Å². The maximum absolute atomic E-state index is 12.5. The molecule has 1 aliphatic carbocycles. The third-order valence-electron chi connectivity index (χ3n) is 4.55. The van der Waals surface area contributed by atoms with E-state index < -0.39 is 5.54 Å². The highest BCUT2D eigenvalue weighted by atomic mass is 32.1. The summed E-state index contributed by atoms with van der Waals surface area (Å²) in [7, 11) is 0. The molecular formula is C14H24N2O2S. The zero-order valence-electron chi connectivity index (χ0n) is 12.0. The van der Waals surface area contributed by atoms with Crippen molar-refractivity contribution < 1.29 is 9.59 Å². The van der Waals surface area contributed by atoms with Crippen molar-refractivity contribution in [2.75, 3.05) is 12.3 Å². The van der Waals surface area contributed by atoms with Crippen LogP contribution in [0.2, 0.25) is 0 Å². The number of rotatable bonds is 3. The van der Waals surface area contributed by atoms with Gasteiger partial charge in [0.25, 0.3) is 5.91 Å². The Kier molecular flexibility index (Phi) is 3.87. The monoisotopic (exact) mass is 284 g/mol. The number of nitrogens with zero attached hydrogens (tertiary/aromatic N) is 1. The van der Waals surface area contributed by atoms with Gasteiger partial charge in [0.15, 0.2) is 0 Å². The van der Waals surface area contributed by atoms with E-state index in [1.54, 1.807) is 0 Å². The molecule has 1 saturated carbocycles. The summed E-state index contributed by atoms with van der Waals surface area (Å²) in [6, 6.07) is -0.220. The molecule has 0 bridgehead atoms. The van der Waals surface area contributed by atoms with Gasteiger partial charge in [-0.2, -0.15) is 12.6 Å². The third-order valence-corrected chi connectivity index (χ3v) is 4.99. The average Bonchev–Trinajstić information content (AvgIpc) is 2.84. The van der Waals surface area contributed by atoms with E-state index in [2.05, 4.69) is 38.7 Å². The van der Waals surface area contributed by atoms with Gasteiger partial charge in [-0.1, -0.05) is 33.6 Å². The van der Waals surface area contributed by atoms with Crippen LogP contribution in [0.5, 0.6) is 0 Å². The Morgan fingerprint density at radius 1 is 1.32 bits per heavy atom. The summed E-state index contributed by atoms with van der Waals surface area (Å²) >= 11 is 4.37. The molecule has 1 atom stereocenters. The van der Waals surface area contributed by atoms with Crippen LogP contribution in [0, 0.1) is 11.3 Å². The fraction of sp³-hybridized carbons (Fsp3) is 0.857. The van der Waals surface area contributed by atoms with Crippen LogP contribution < -0.4 is 5.32 Å². The van der Waals surface area contributed by atoms with Crippen molar-refractivity contribution in [2.45, 2.75) is 52.0 Å². The number of thiol groups is 1. The summed E-state index contributed by atoms with van der Waals surface area (Å²) < 4.78 is 0. The Morgan fingerprint density at radius 2 is 1.89 bits per heavy atom. The van der Waals surface area contributed by atoms with Crippen molar-refractivity contribution in [1.29, 1.82) is 0 Å². The van der Waals surface area contributed by atoms with Gasteiger partial charge in [0, 0.05) is 6.54 Å². The number of urea groups is 1. The molecule has 1 saturated heterocycles. The van der Waals surface area contributed by atoms with E-state index in [1.165, 1.54) is 4.90 Å². The maximum Gasteiger partial charge on any atom is 0.325 e. The Hall–Kier alpha value is -0.710. The van der Waals surface area contributed by atoms with Gasteiger partial charge in [-0.05, 0) is 29.9 Å². The van der Waals surface area contributed by atoms with Crippen molar-refractivity contribution in [2.24, 2.45) is 11.3 Å². The Morgan fingerprint density at radius 3 is 2.37 bits per heavy atom. The smallest absolute Gasteiger partial charge is 0.323 e. The Bertz CT molecular complexity index is 383. The van der Waals surface area contributed by atoms with Crippen molar-refractivity contribution in [1.82, 2.24) is 10.2 Å². The number of nitrogens with one attached hydrogen (secondary N) is 1. The van der Waals surface area contributed by atoms with Gasteiger partial charge in [-0.3, -0.25) is 9.69 Å². The molecule has 0 radical (unpaired) electrons. The highest BCUT2D eigenvalue weighted by Gasteiger charge is 2.52. The summed E-state index contributed by atoms with van der Waals surface area (Å²) in [5.74, 6) is 0.862. The molecule has 2 rings (SSSR count). The SMILES string of the molecule is CC(C)(C)C(CS)CN1C(=O)NC2(CCCC2)C1=O. The highest BCUT2D eigenvalue weighted by Crippen LogP contribution is 2.36. The van der Waals surface area contributed by atoms with Crippen LogP contribution in [0.25, 0.3) is 0 Å². The minimum Gasteiger partial charge on any atom is -0.323 e. The van der Waals surface area contributed by atoms with E-state index >= 15 is 0 Å². The van der Waals surface area contributed by atoms with Gasteiger partial charge in [0.1, 0.15) is 5.54 Å². The lowest BCUT2D eigenvalue weighted by molar-refractivity contribution is -0.131. The molecule has 1 unspecified atom stereocenters. The molecule has 3 amide bonds. The highest BCUT2D eigenvalue weighted by molar-refractivity contribution is 7.80. The molecule has 108 valence electrons. The van der Waals surface area contributed by atoms with E-state index in [4.69, 9.17) is 0 Å². The summed E-state index contributed by atoms with van der Waals surface area (Å²) in [6.07, 6.45) is 3.62. The fourth-order valence-electron chi connectivity index (χ4n) is 2.99. The second kappa shape index (κ2) is 5.00. The predicted octanol–water partition coefficient (Wildman–Crippen LogP) is 2.44. The van der Waals surface area contributed by atoms with Crippen LogP contribution in [0.4, 0.5) is 4.79 Å². The largest absolute Gasteiger partial charge is 0.325 e. The number of hydrogen-bond donors (Lipinski definition) is 2. The standard InChI is InChI=1S/C14H24N2O2S/c1-13(2,3)10(9-19)8-16-11(17)14(15-12(16)18)6-4-5-7-14/h10,19H,4-9H2,1-3H3,(H,15,18). The molecule has 0 aromatic carbocycles. The van der Waals surface area contributed by atoms with E-state index in [0.29, 0.717) is 12.3 Å². The lowest BCUT2D eigenvalue weighted by Crippen LogP contribution is -2.45. The number of imide groups is 1. The molecule has 1 spiro atoms. The molecule has 2 aliphatic rings. The van der Waals surface area contributed by atoms with Gasteiger partial charge in [-0.15, -0.1) is 0 Å². The van der Waals surface area contributed by atoms with Crippen LogP contribution >= 0.6 is 12.6 Å². The molecule has 1 heterocycles. The van der Waals surface area contributed by atoms with Crippen LogP contribution in [0.3, 0.4) is 0 Å². The van der Waals surface area contributed by atoms with Crippen LogP contribution in [-0.4, -0.2) is 34.7 Å². The van der Waals surface area contributed by atoms with Gasteiger partial charge < -0.3 is 5.32 Å². The number of carbonyl (C=O) groups excluding carboxylic acids is 2. The molecule has 1 aliphatic heterocycles. The second-order valence-corrected chi connectivity index (χ2v) is 7.25. The lowest BCUT2D eigenvalue weighted by atomic mass is 9.81. The first-order valence-electron chi connectivity index (χ1n) is 7.05. The zero-order chi connectivity index (χ0) is 14.3. The van der Waals surface area contributed by atoms with E-state index in [0.717, 1.165) is 25.7 Å². The molecule has 2 fully saturated rings. The first kappa shape index (κ1) is 14.7. The Labute approximate surface area is 120 Å². The van der Waals surface area contributed by atoms with E-state index in [-0.39, 0.29) is 23.3 Å². The second-order valence-electron chi connectivity index (χ2n) is 6.88. The first-order valence-corrected chi connectivity index (χ1v) is 7.68. The van der Waals surface area contributed by atoms with E-state index in [9.17, 15) is 9.59 Å². The first-order chi connectivity index (χ1) is 8.80. The molecule has 1 N–H and O–H groups in total. The normalized spacial score (nSPS) is 24.1. The van der Waals surface area contributed by atoms with Gasteiger partial charge in [-0.25, -0.2) is 4.79 Å². The number of carbonyl (C=O) groups is 2. The predicted molar refractivity (Wildman–Crippen MR) is 78.2 cm³/mol.